The lowest BCUT2D eigenvalue weighted by Crippen LogP contribution is -2.25. The molecule has 3 rings (SSSR count). The van der Waals surface area contributed by atoms with Gasteiger partial charge in [-0.15, -0.1) is 0 Å². The molecule has 1 aromatic heterocycles. The number of rotatable bonds is 2. The fourth-order valence-electron chi connectivity index (χ4n) is 2.22. The maximum absolute atomic E-state index is 12.0. The molecule has 104 valence electrons. The molecule has 1 aliphatic rings. The second-order valence-electron chi connectivity index (χ2n) is 4.65. The molecular formula is C14H12Cl2N2O2. The van der Waals surface area contributed by atoms with Gasteiger partial charge in [-0.3, -0.25) is 4.79 Å². The summed E-state index contributed by atoms with van der Waals surface area (Å²) in [6.45, 7) is 0.935. The topological polar surface area (TPSA) is 55.0 Å². The van der Waals surface area contributed by atoms with Gasteiger partial charge >= 0.3 is 0 Å². The lowest BCUT2D eigenvalue weighted by atomic mass is 10.1. The van der Waals surface area contributed by atoms with Crippen LogP contribution in [0.3, 0.4) is 0 Å². The Kier molecular flexibility index (Phi) is 3.78. The Labute approximate surface area is 125 Å². The highest BCUT2D eigenvalue weighted by Crippen LogP contribution is 2.22. The normalized spacial score (nSPS) is 14.1. The number of hydrogen-bond acceptors (Lipinski definition) is 3. The minimum Gasteiger partial charge on any atom is -0.376 e. The van der Waals surface area contributed by atoms with Crippen LogP contribution in [0, 0.1) is 0 Å². The third-order valence-electron chi connectivity index (χ3n) is 3.25. The number of aromatic amines is 1. The van der Waals surface area contributed by atoms with Gasteiger partial charge in [0.2, 0.25) is 0 Å². The molecule has 2 aromatic rings. The summed E-state index contributed by atoms with van der Waals surface area (Å²) in [4.78, 5) is 19.3. The maximum atomic E-state index is 12.0. The first-order valence-corrected chi connectivity index (χ1v) is 7.01. The number of hydrogen-bond donors (Lipinski definition) is 1. The number of fused-ring (bicyclic) bond motifs is 1. The zero-order valence-corrected chi connectivity index (χ0v) is 12.1. The zero-order chi connectivity index (χ0) is 14.1. The summed E-state index contributed by atoms with van der Waals surface area (Å²) in [5.74, 6) is 0.611. The maximum Gasteiger partial charge on any atom is 0.256 e. The fourth-order valence-corrected chi connectivity index (χ4v) is 2.70. The Hall–Kier alpha value is -1.36. The number of aromatic nitrogens is 2. The first-order chi connectivity index (χ1) is 9.63. The summed E-state index contributed by atoms with van der Waals surface area (Å²) >= 11 is 12.0. The first-order valence-electron chi connectivity index (χ1n) is 6.26. The molecular weight excluding hydrogens is 299 g/mol. The van der Waals surface area contributed by atoms with Crippen molar-refractivity contribution in [3.63, 3.8) is 0 Å². The van der Waals surface area contributed by atoms with E-state index in [0.717, 1.165) is 11.3 Å². The molecule has 2 heterocycles. The molecule has 1 aromatic carbocycles. The molecule has 0 fully saturated rings. The number of nitrogens with one attached hydrogen (secondary N) is 1. The summed E-state index contributed by atoms with van der Waals surface area (Å²) in [5, 5.41) is 1.16. The van der Waals surface area contributed by atoms with E-state index in [0.29, 0.717) is 47.5 Å². The van der Waals surface area contributed by atoms with Crippen LogP contribution in [0.5, 0.6) is 0 Å². The first kappa shape index (κ1) is 13.6. The second-order valence-corrected chi connectivity index (χ2v) is 5.50. The second kappa shape index (κ2) is 5.56. The van der Waals surface area contributed by atoms with E-state index in [1.165, 1.54) is 0 Å². The number of nitrogens with zero attached hydrogens (tertiary/aromatic N) is 1. The third kappa shape index (κ3) is 2.73. The Morgan fingerprint density at radius 2 is 2.20 bits per heavy atom. The molecule has 1 aliphatic heterocycles. The van der Waals surface area contributed by atoms with Crippen molar-refractivity contribution in [3.8, 4) is 0 Å². The third-order valence-corrected chi connectivity index (χ3v) is 3.84. The van der Waals surface area contributed by atoms with Gasteiger partial charge < -0.3 is 9.72 Å². The summed E-state index contributed by atoms with van der Waals surface area (Å²) in [5.41, 5.74) is 2.20. The zero-order valence-electron chi connectivity index (χ0n) is 10.6. The number of ether oxygens (including phenoxy) is 1. The van der Waals surface area contributed by atoms with Crippen molar-refractivity contribution in [2.24, 2.45) is 0 Å². The van der Waals surface area contributed by atoms with E-state index in [-0.39, 0.29) is 5.56 Å². The standard InChI is InChI=1S/C14H12Cl2N2O2/c15-9-2-1-8(11(16)6-9)5-13-17-12-3-4-20-7-10(12)14(19)18-13/h1-2,6H,3-5,7H2,(H,17,18,19). The quantitative estimate of drug-likeness (QED) is 0.928. The van der Waals surface area contributed by atoms with Crippen LogP contribution in [0.4, 0.5) is 0 Å². The highest BCUT2D eigenvalue weighted by atomic mass is 35.5. The van der Waals surface area contributed by atoms with Gasteiger partial charge in [-0.25, -0.2) is 4.98 Å². The summed E-state index contributed by atoms with van der Waals surface area (Å²) in [7, 11) is 0. The van der Waals surface area contributed by atoms with Crippen molar-refractivity contribution in [2.75, 3.05) is 6.61 Å². The van der Waals surface area contributed by atoms with Gasteiger partial charge in [0.15, 0.2) is 0 Å². The van der Waals surface area contributed by atoms with E-state index in [9.17, 15) is 4.79 Å². The van der Waals surface area contributed by atoms with Crippen molar-refractivity contribution < 1.29 is 4.74 Å². The molecule has 0 saturated carbocycles. The molecule has 4 nitrogen and oxygen atoms in total. The number of halogens is 2. The molecule has 0 saturated heterocycles. The van der Waals surface area contributed by atoms with Crippen LogP contribution in [0.2, 0.25) is 10.0 Å². The van der Waals surface area contributed by atoms with Crippen LogP contribution in [-0.2, 0) is 24.2 Å². The molecule has 1 N–H and O–H groups in total. The van der Waals surface area contributed by atoms with Crippen molar-refractivity contribution >= 4 is 23.2 Å². The Morgan fingerprint density at radius 1 is 1.35 bits per heavy atom. The molecule has 0 spiro atoms. The molecule has 0 radical (unpaired) electrons. The molecule has 0 unspecified atom stereocenters. The van der Waals surface area contributed by atoms with E-state index in [2.05, 4.69) is 9.97 Å². The summed E-state index contributed by atoms with van der Waals surface area (Å²) in [6, 6.07) is 5.29. The van der Waals surface area contributed by atoms with Crippen LogP contribution >= 0.6 is 23.2 Å². The van der Waals surface area contributed by atoms with Crippen LogP contribution < -0.4 is 5.56 Å². The van der Waals surface area contributed by atoms with E-state index in [4.69, 9.17) is 27.9 Å². The Morgan fingerprint density at radius 3 is 3.00 bits per heavy atom. The molecule has 0 aliphatic carbocycles. The van der Waals surface area contributed by atoms with E-state index < -0.39 is 0 Å². The largest absolute Gasteiger partial charge is 0.376 e. The van der Waals surface area contributed by atoms with E-state index in [1.54, 1.807) is 12.1 Å². The average molecular weight is 311 g/mol. The van der Waals surface area contributed by atoms with Crippen LogP contribution in [0.25, 0.3) is 0 Å². The van der Waals surface area contributed by atoms with Gasteiger partial charge in [-0.1, -0.05) is 29.3 Å². The van der Waals surface area contributed by atoms with Crippen molar-refractivity contribution in [3.05, 3.63) is 61.2 Å². The predicted octanol–water partition coefficient (Wildman–Crippen LogP) is 2.74. The van der Waals surface area contributed by atoms with Crippen molar-refractivity contribution in [1.29, 1.82) is 0 Å². The van der Waals surface area contributed by atoms with Gasteiger partial charge in [0, 0.05) is 22.9 Å². The fraction of sp³-hybridized carbons (Fsp3) is 0.286. The van der Waals surface area contributed by atoms with Gasteiger partial charge in [-0.05, 0) is 17.7 Å². The highest BCUT2D eigenvalue weighted by molar-refractivity contribution is 6.35. The predicted molar refractivity (Wildman–Crippen MR) is 77.5 cm³/mol. The molecule has 0 atom stereocenters. The monoisotopic (exact) mass is 310 g/mol. The van der Waals surface area contributed by atoms with E-state index in [1.807, 2.05) is 6.07 Å². The van der Waals surface area contributed by atoms with Crippen LogP contribution in [0.1, 0.15) is 22.6 Å². The summed E-state index contributed by atoms with van der Waals surface area (Å²) in [6.07, 6.45) is 1.14. The number of benzene rings is 1. The lowest BCUT2D eigenvalue weighted by Gasteiger charge is -2.15. The van der Waals surface area contributed by atoms with Gasteiger partial charge in [0.25, 0.3) is 5.56 Å². The van der Waals surface area contributed by atoms with Crippen molar-refractivity contribution in [1.82, 2.24) is 9.97 Å². The van der Waals surface area contributed by atoms with Gasteiger partial charge in [0.1, 0.15) is 5.82 Å². The number of H-pyrrole nitrogens is 1. The smallest absolute Gasteiger partial charge is 0.256 e. The van der Waals surface area contributed by atoms with E-state index >= 15 is 0 Å². The minimum absolute atomic E-state index is 0.130. The molecule has 20 heavy (non-hydrogen) atoms. The SMILES string of the molecule is O=c1[nH]c(Cc2ccc(Cl)cc2Cl)nc2c1COCC2. The average Bonchev–Trinajstić information content (AvgIpc) is 2.42. The van der Waals surface area contributed by atoms with Gasteiger partial charge in [-0.2, -0.15) is 0 Å². The molecule has 0 bridgehead atoms. The highest BCUT2D eigenvalue weighted by Gasteiger charge is 2.16. The lowest BCUT2D eigenvalue weighted by molar-refractivity contribution is 0.108. The Bertz CT molecular complexity index is 713. The molecule has 0 amide bonds. The molecule has 6 heteroatoms. The van der Waals surface area contributed by atoms with Crippen LogP contribution in [0.15, 0.2) is 23.0 Å². The minimum atomic E-state index is -0.130. The Balaban J connectivity index is 1.95. The van der Waals surface area contributed by atoms with Crippen LogP contribution in [-0.4, -0.2) is 16.6 Å². The summed E-state index contributed by atoms with van der Waals surface area (Å²) < 4.78 is 5.27. The van der Waals surface area contributed by atoms with Gasteiger partial charge in [0.05, 0.1) is 24.5 Å². The van der Waals surface area contributed by atoms with Crippen molar-refractivity contribution in [2.45, 2.75) is 19.4 Å².